The van der Waals surface area contributed by atoms with E-state index in [0.29, 0.717) is 18.5 Å². The van der Waals surface area contributed by atoms with Gasteiger partial charge < -0.3 is 10.2 Å². The zero-order valence-electron chi connectivity index (χ0n) is 11.2. The SMILES string of the molecule is O=C1CN(CCc2ccccc2)CC2CNCCN12. The van der Waals surface area contributed by atoms with Gasteiger partial charge in [0, 0.05) is 32.7 Å². The summed E-state index contributed by atoms with van der Waals surface area (Å²) in [4.78, 5) is 16.5. The van der Waals surface area contributed by atoms with Crippen LogP contribution in [0.5, 0.6) is 0 Å². The summed E-state index contributed by atoms with van der Waals surface area (Å²) in [6.45, 7) is 5.31. The van der Waals surface area contributed by atoms with Crippen LogP contribution in [-0.2, 0) is 11.2 Å². The maximum absolute atomic E-state index is 12.1. The van der Waals surface area contributed by atoms with E-state index in [1.165, 1.54) is 5.56 Å². The number of carbonyl (C=O) groups excluding carboxylic acids is 1. The minimum atomic E-state index is 0.297. The van der Waals surface area contributed by atoms with Crippen molar-refractivity contribution in [3.8, 4) is 0 Å². The van der Waals surface area contributed by atoms with Gasteiger partial charge in [-0.05, 0) is 12.0 Å². The van der Waals surface area contributed by atoms with Crippen LogP contribution in [-0.4, -0.2) is 61.0 Å². The molecule has 0 radical (unpaired) electrons. The Morgan fingerprint density at radius 3 is 2.95 bits per heavy atom. The average Bonchev–Trinajstić information content (AvgIpc) is 2.46. The summed E-state index contributed by atoms with van der Waals surface area (Å²) in [5, 5.41) is 3.38. The molecule has 1 amide bonds. The Balaban J connectivity index is 1.56. The molecule has 4 heteroatoms. The molecule has 4 nitrogen and oxygen atoms in total. The molecule has 2 fully saturated rings. The van der Waals surface area contributed by atoms with E-state index in [1.807, 2.05) is 6.07 Å². The molecule has 2 heterocycles. The van der Waals surface area contributed by atoms with Gasteiger partial charge in [-0.1, -0.05) is 30.3 Å². The molecule has 102 valence electrons. The molecule has 2 saturated heterocycles. The van der Waals surface area contributed by atoms with Crippen LogP contribution < -0.4 is 5.32 Å². The van der Waals surface area contributed by atoms with Crippen LogP contribution in [0.25, 0.3) is 0 Å². The van der Waals surface area contributed by atoms with Crippen molar-refractivity contribution in [3.63, 3.8) is 0 Å². The van der Waals surface area contributed by atoms with Gasteiger partial charge in [0.25, 0.3) is 0 Å². The number of benzene rings is 1. The van der Waals surface area contributed by atoms with E-state index in [9.17, 15) is 4.79 Å². The molecule has 1 atom stereocenters. The summed E-state index contributed by atoms with van der Waals surface area (Å²) in [5.41, 5.74) is 1.35. The third-order valence-electron chi connectivity index (χ3n) is 4.06. The summed E-state index contributed by atoms with van der Waals surface area (Å²) in [6, 6.07) is 10.9. The molecule has 1 unspecified atom stereocenters. The first-order valence-corrected chi connectivity index (χ1v) is 7.09. The summed E-state index contributed by atoms with van der Waals surface area (Å²) in [7, 11) is 0. The number of carbonyl (C=O) groups is 1. The Hall–Kier alpha value is -1.39. The Kier molecular flexibility index (Phi) is 3.80. The molecular formula is C15H21N3O. The second-order valence-electron chi connectivity index (χ2n) is 5.42. The lowest BCUT2D eigenvalue weighted by atomic mass is 10.1. The highest BCUT2D eigenvalue weighted by atomic mass is 16.2. The molecule has 0 saturated carbocycles. The molecule has 2 aliphatic heterocycles. The fourth-order valence-electron chi connectivity index (χ4n) is 3.00. The normalized spacial score (nSPS) is 24.3. The van der Waals surface area contributed by atoms with Crippen LogP contribution >= 0.6 is 0 Å². The summed E-state index contributed by atoms with van der Waals surface area (Å²) >= 11 is 0. The van der Waals surface area contributed by atoms with Crippen LogP contribution in [0.1, 0.15) is 5.56 Å². The Bertz CT molecular complexity index is 434. The van der Waals surface area contributed by atoms with Gasteiger partial charge in [-0.3, -0.25) is 9.69 Å². The van der Waals surface area contributed by atoms with Gasteiger partial charge >= 0.3 is 0 Å². The number of fused-ring (bicyclic) bond motifs is 1. The van der Waals surface area contributed by atoms with Crippen LogP contribution in [0.15, 0.2) is 30.3 Å². The van der Waals surface area contributed by atoms with Crippen molar-refractivity contribution in [2.45, 2.75) is 12.5 Å². The molecule has 19 heavy (non-hydrogen) atoms. The molecule has 1 aromatic carbocycles. The topological polar surface area (TPSA) is 35.6 Å². The van der Waals surface area contributed by atoms with Gasteiger partial charge in [0.1, 0.15) is 0 Å². The van der Waals surface area contributed by atoms with Gasteiger partial charge in [0.15, 0.2) is 0 Å². The van der Waals surface area contributed by atoms with E-state index in [2.05, 4.69) is 39.4 Å². The van der Waals surface area contributed by atoms with Gasteiger partial charge in [0.05, 0.1) is 12.6 Å². The molecule has 1 aromatic rings. The van der Waals surface area contributed by atoms with Crippen LogP contribution in [0.2, 0.25) is 0 Å². The number of hydrogen-bond donors (Lipinski definition) is 1. The number of nitrogens with zero attached hydrogens (tertiary/aromatic N) is 2. The fourth-order valence-corrected chi connectivity index (χ4v) is 3.00. The smallest absolute Gasteiger partial charge is 0.237 e. The maximum Gasteiger partial charge on any atom is 0.237 e. The van der Waals surface area contributed by atoms with Crippen LogP contribution in [0.3, 0.4) is 0 Å². The second-order valence-corrected chi connectivity index (χ2v) is 5.42. The molecule has 0 bridgehead atoms. The highest BCUT2D eigenvalue weighted by Crippen LogP contribution is 2.13. The Morgan fingerprint density at radius 1 is 1.26 bits per heavy atom. The monoisotopic (exact) mass is 259 g/mol. The number of piperazine rings is 2. The molecule has 0 aromatic heterocycles. The summed E-state index contributed by atoms with van der Waals surface area (Å²) in [6.07, 6.45) is 1.02. The summed E-state index contributed by atoms with van der Waals surface area (Å²) < 4.78 is 0. The quantitative estimate of drug-likeness (QED) is 0.850. The predicted octanol–water partition coefficient (Wildman–Crippen LogP) is 0.345. The van der Waals surface area contributed by atoms with Crippen molar-refractivity contribution in [2.24, 2.45) is 0 Å². The predicted molar refractivity (Wildman–Crippen MR) is 75.0 cm³/mol. The minimum Gasteiger partial charge on any atom is -0.335 e. The van der Waals surface area contributed by atoms with Crippen LogP contribution in [0, 0.1) is 0 Å². The van der Waals surface area contributed by atoms with Crippen molar-refractivity contribution in [1.29, 1.82) is 0 Å². The Labute approximate surface area is 114 Å². The zero-order chi connectivity index (χ0) is 13.1. The van der Waals surface area contributed by atoms with Crippen molar-refractivity contribution in [3.05, 3.63) is 35.9 Å². The number of hydrogen-bond acceptors (Lipinski definition) is 3. The number of amides is 1. The summed E-state index contributed by atoms with van der Waals surface area (Å²) in [5.74, 6) is 0.297. The first-order valence-electron chi connectivity index (χ1n) is 7.09. The van der Waals surface area contributed by atoms with Crippen LogP contribution in [0.4, 0.5) is 0 Å². The average molecular weight is 259 g/mol. The van der Waals surface area contributed by atoms with E-state index in [0.717, 1.165) is 39.1 Å². The van der Waals surface area contributed by atoms with E-state index in [-0.39, 0.29) is 0 Å². The molecule has 2 aliphatic rings. The maximum atomic E-state index is 12.1. The molecule has 1 N–H and O–H groups in total. The van der Waals surface area contributed by atoms with E-state index < -0.39 is 0 Å². The lowest BCUT2D eigenvalue weighted by molar-refractivity contribution is -0.140. The standard InChI is InChI=1S/C15H21N3O/c19-15-12-17(8-6-13-4-2-1-3-5-13)11-14-10-16-7-9-18(14)15/h1-5,14,16H,6-12H2. The Morgan fingerprint density at radius 2 is 2.11 bits per heavy atom. The lowest BCUT2D eigenvalue weighted by Gasteiger charge is -2.44. The van der Waals surface area contributed by atoms with Gasteiger partial charge in [-0.2, -0.15) is 0 Å². The third-order valence-corrected chi connectivity index (χ3v) is 4.06. The lowest BCUT2D eigenvalue weighted by Crippen LogP contribution is -2.63. The number of rotatable bonds is 3. The van der Waals surface area contributed by atoms with Crippen molar-refractivity contribution >= 4 is 5.91 Å². The van der Waals surface area contributed by atoms with Gasteiger partial charge in [0.2, 0.25) is 5.91 Å². The van der Waals surface area contributed by atoms with E-state index >= 15 is 0 Å². The molecule has 0 spiro atoms. The van der Waals surface area contributed by atoms with Crippen molar-refractivity contribution in [2.75, 3.05) is 39.3 Å². The molecule has 3 rings (SSSR count). The first kappa shape index (κ1) is 12.6. The van der Waals surface area contributed by atoms with Crippen molar-refractivity contribution < 1.29 is 4.79 Å². The highest BCUT2D eigenvalue weighted by molar-refractivity contribution is 5.79. The molecular weight excluding hydrogens is 238 g/mol. The zero-order valence-corrected chi connectivity index (χ0v) is 11.2. The minimum absolute atomic E-state index is 0.297. The first-order chi connectivity index (χ1) is 9.33. The van der Waals surface area contributed by atoms with E-state index in [4.69, 9.17) is 0 Å². The second kappa shape index (κ2) is 5.72. The van der Waals surface area contributed by atoms with Gasteiger partial charge in [-0.15, -0.1) is 0 Å². The third kappa shape index (κ3) is 2.96. The molecule has 0 aliphatic carbocycles. The van der Waals surface area contributed by atoms with E-state index in [1.54, 1.807) is 0 Å². The largest absolute Gasteiger partial charge is 0.335 e. The fraction of sp³-hybridized carbons (Fsp3) is 0.533. The highest BCUT2D eigenvalue weighted by Gasteiger charge is 2.33. The van der Waals surface area contributed by atoms with Gasteiger partial charge in [-0.25, -0.2) is 0 Å². The number of nitrogens with one attached hydrogen (secondary N) is 1. The van der Waals surface area contributed by atoms with Crippen molar-refractivity contribution in [1.82, 2.24) is 15.1 Å².